The summed E-state index contributed by atoms with van der Waals surface area (Å²) in [6.45, 7) is 2.20. The minimum atomic E-state index is -1.35. The molecule has 0 bridgehead atoms. The molecule has 0 spiro atoms. The smallest absolute Gasteiger partial charge is 0.333 e. The molecule has 0 fully saturated rings. The van der Waals surface area contributed by atoms with Gasteiger partial charge in [-0.2, -0.15) is 0 Å². The molecule has 0 aromatic heterocycles. The molecule has 0 aromatic carbocycles. The fourth-order valence-electron chi connectivity index (χ4n) is 2.19. The largest absolute Gasteiger partial charge is 0.428 e. The number of aliphatic hydroxyl groups excluding tert-OH is 1. The van der Waals surface area contributed by atoms with Gasteiger partial charge in [0.15, 0.2) is 5.78 Å². The number of carbonyl (C=O) groups excluding carboxylic acids is 2. The molecular weight excluding hydrogens is 244 g/mol. The molecule has 1 aliphatic heterocycles. The van der Waals surface area contributed by atoms with Gasteiger partial charge in [-0.25, -0.2) is 4.79 Å². The molecule has 4 heteroatoms. The van der Waals surface area contributed by atoms with Crippen LogP contribution in [0.25, 0.3) is 0 Å². The second-order valence-electron chi connectivity index (χ2n) is 5.04. The highest BCUT2D eigenvalue weighted by Crippen LogP contribution is 2.17. The molecule has 0 radical (unpaired) electrons. The van der Waals surface area contributed by atoms with E-state index in [-0.39, 0.29) is 11.4 Å². The number of ketones is 1. The first kappa shape index (κ1) is 15.9. The summed E-state index contributed by atoms with van der Waals surface area (Å²) in [7, 11) is 0. The van der Waals surface area contributed by atoms with E-state index in [2.05, 4.69) is 11.7 Å². The molecule has 1 aliphatic rings. The summed E-state index contributed by atoms with van der Waals surface area (Å²) in [5.41, 5.74) is 0.105. The summed E-state index contributed by atoms with van der Waals surface area (Å²) in [5, 5.41) is 9.32. The van der Waals surface area contributed by atoms with Gasteiger partial charge in [-0.1, -0.05) is 51.9 Å². The lowest BCUT2D eigenvalue weighted by molar-refractivity contribution is -0.151. The molecule has 0 saturated carbocycles. The zero-order valence-electron chi connectivity index (χ0n) is 11.7. The Hall–Kier alpha value is -1.16. The number of Topliss-reactive ketones (excluding diaryl/α,β-unsaturated/α-hetero) is 1. The van der Waals surface area contributed by atoms with Crippen molar-refractivity contribution in [3.05, 3.63) is 11.6 Å². The van der Waals surface area contributed by atoms with E-state index in [4.69, 9.17) is 0 Å². The molecule has 1 unspecified atom stereocenters. The van der Waals surface area contributed by atoms with E-state index in [1.54, 1.807) is 0 Å². The van der Waals surface area contributed by atoms with E-state index >= 15 is 0 Å². The second-order valence-corrected chi connectivity index (χ2v) is 5.04. The Kier molecular flexibility index (Phi) is 7.41. The predicted molar refractivity (Wildman–Crippen MR) is 72.4 cm³/mol. The average molecular weight is 268 g/mol. The number of unbranched alkanes of at least 4 members (excludes halogenated alkanes) is 7. The molecule has 1 atom stereocenters. The van der Waals surface area contributed by atoms with E-state index in [1.165, 1.54) is 32.1 Å². The Morgan fingerprint density at radius 2 is 1.74 bits per heavy atom. The Morgan fingerprint density at radius 1 is 1.16 bits per heavy atom. The summed E-state index contributed by atoms with van der Waals surface area (Å²) >= 11 is 0. The van der Waals surface area contributed by atoms with Crippen LogP contribution in [0.2, 0.25) is 0 Å². The summed E-state index contributed by atoms with van der Waals surface area (Å²) in [6.07, 6.45) is 9.46. The van der Waals surface area contributed by atoms with Crippen LogP contribution in [0.1, 0.15) is 64.7 Å². The van der Waals surface area contributed by atoms with Gasteiger partial charge >= 0.3 is 5.97 Å². The monoisotopic (exact) mass is 268 g/mol. The van der Waals surface area contributed by atoms with Crippen molar-refractivity contribution in [2.75, 3.05) is 0 Å². The predicted octanol–water partition coefficient (Wildman–Crippen LogP) is 2.89. The zero-order chi connectivity index (χ0) is 14.1. The summed E-state index contributed by atoms with van der Waals surface area (Å²) in [5.74, 6) is -0.809. The van der Waals surface area contributed by atoms with Crippen LogP contribution in [0.3, 0.4) is 0 Å². The van der Waals surface area contributed by atoms with Gasteiger partial charge in [-0.05, 0) is 6.42 Å². The number of rotatable bonds is 10. The summed E-state index contributed by atoms with van der Waals surface area (Å²) in [6, 6.07) is 0. The molecule has 19 heavy (non-hydrogen) atoms. The number of aliphatic hydroxyl groups is 1. The lowest BCUT2D eigenvalue weighted by atomic mass is 10.0. The molecular formula is C15H24O4. The number of ether oxygens (including phenoxy) is 1. The van der Waals surface area contributed by atoms with Crippen molar-refractivity contribution < 1.29 is 19.4 Å². The van der Waals surface area contributed by atoms with E-state index < -0.39 is 12.3 Å². The zero-order valence-corrected chi connectivity index (χ0v) is 11.7. The normalized spacial score (nSPS) is 18.3. The van der Waals surface area contributed by atoms with Crippen LogP contribution in [0.4, 0.5) is 0 Å². The number of cyclic esters (lactones) is 1. The Morgan fingerprint density at radius 3 is 2.26 bits per heavy atom. The highest BCUT2D eigenvalue weighted by molar-refractivity contribution is 6.03. The van der Waals surface area contributed by atoms with Gasteiger partial charge in [-0.3, -0.25) is 4.79 Å². The van der Waals surface area contributed by atoms with Crippen LogP contribution in [0.15, 0.2) is 11.6 Å². The maximum absolute atomic E-state index is 11.7. The van der Waals surface area contributed by atoms with Crippen LogP contribution in [-0.2, 0) is 14.3 Å². The third-order valence-electron chi connectivity index (χ3n) is 3.35. The van der Waals surface area contributed by atoms with Gasteiger partial charge in [-0.15, -0.1) is 0 Å². The van der Waals surface area contributed by atoms with Gasteiger partial charge in [0.25, 0.3) is 0 Å². The maximum Gasteiger partial charge on any atom is 0.333 e. The van der Waals surface area contributed by atoms with Gasteiger partial charge in [0.2, 0.25) is 6.29 Å². The van der Waals surface area contributed by atoms with Crippen LogP contribution in [0.5, 0.6) is 0 Å². The fraction of sp³-hybridized carbons (Fsp3) is 0.733. The quantitative estimate of drug-likeness (QED) is 0.489. The maximum atomic E-state index is 11.7. The highest BCUT2D eigenvalue weighted by Gasteiger charge is 2.28. The lowest BCUT2D eigenvalue weighted by Gasteiger charge is -2.06. The Bertz CT molecular complexity index is 333. The van der Waals surface area contributed by atoms with Crippen molar-refractivity contribution in [2.24, 2.45) is 0 Å². The number of hydrogen-bond donors (Lipinski definition) is 1. The number of hydrogen-bond acceptors (Lipinski definition) is 4. The summed E-state index contributed by atoms with van der Waals surface area (Å²) in [4.78, 5) is 22.6. The molecule has 0 aromatic rings. The molecule has 1 N–H and O–H groups in total. The Balaban J connectivity index is 2.05. The van der Waals surface area contributed by atoms with Gasteiger partial charge < -0.3 is 9.84 Å². The Labute approximate surface area is 114 Å². The van der Waals surface area contributed by atoms with Crippen LogP contribution in [0, 0.1) is 0 Å². The molecule has 108 valence electrons. The van der Waals surface area contributed by atoms with Crippen LogP contribution >= 0.6 is 0 Å². The molecule has 0 amide bonds. The molecule has 0 saturated heterocycles. The first-order valence-corrected chi connectivity index (χ1v) is 7.28. The van der Waals surface area contributed by atoms with Crippen molar-refractivity contribution in [3.8, 4) is 0 Å². The minimum Gasteiger partial charge on any atom is -0.428 e. The fourth-order valence-corrected chi connectivity index (χ4v) is 2.19. The molecule has 1 rings (SSSR count). The van der Waals surface area contributed by atoms with Crippen molar-refractivity contribution in [3.63, 3.8) is 0 Å². The van der Waals surface area contributed by atoms with Gasteiger partial charge in [0.05, 0.1) is 5.57 Å². The third kappa shape index (κ3) is 6.01. The van der Waals surface area contributed by atoms with E-state index in [0.717, 1.165) is 25.3 Å². The highest BCUT2D eigenvalue weighted by atomic mass is 16.6. The van der Waals surface area contributed by atoms with Crippen molar-refractivity contribution in [1.82, 2.24) is 0 Å². The van der Waals surface area contributed by atoms with Gasteiger partial charge in [0, 0.05) is 12.5 Å². The first-order valence-electron chi connectivity index (χ1n) is 7.28. The third-order valence-corrected chi connectivity index (χ3v) is 3.35. The SMILES string of the molecule is CCCCCCCCCCC(=O)C1=CC(=O)OC1O. The van der Waals surface area contributed by atoms with Crippen LogP contribution in [-0.4, -0.2) is 23.1 Å². The minimum absolute atomic E-state index is 0.105. The van der Waals surface area contributed by atoms with E-state index in [0.29, 0.717) is 6.42 Å². The average Bonchev–Trinajstić information content (AvgIpc) is 2.71. The second kappa shape index (κ2) is 8.86. The molecule has 4 nitrogen and oxygen atoms in total. The van der Waals surface area contributed by atoms with Crippen molar-refractivity contribution in [2.45, 2.75) is 71.0 Å². The molecule has 1 heterocycles. The molecule has 0 aliphatic carbocycles. The topological polar surface area (TPSA) is 63.6 Å². The number of carbonyl (C=O) groups is 2. The van der Waals surface area contributed by atoms with Crippen LogP contribution < -0.4 is 0 Å². The van der Waals surface area contributed by atoms with Crippen molar-refractivity contribution >= 4 is 11.8 Å². The standard InChI is InChI=1S/C15H24O4/c1-2-3-4-5-6-7-8-9-10-13(16)12-11-14(17)19-15(12)18/h11,15,18H,2-10H2,1H3. The lowest BCUT2D eigenvalue weighted by Crippen LogP contribution is -2.16. The van der Waals surface area contributed by atoms with Crippen molar-refractivity contribution in [1.29, 1.82) is 0 Å². The van der Waals surface area contributed by atoms with E-state index in [1.807, 2.05) is 0 Å². The number of esters is 1. The first-order chi connectivity index (χ1) is 9.15. The summed E-state index contributed by atoms with van der Waals surface area (Å²) < 4.78 is 4.48. The van der Waals surface area contributed by atoms with Gasteiger partial charge in [0.1, 0.15) is 0 Å². The van der Waals surface area contributed by atoms with E-state index in [9.17, 15) is 14.7 Å².